The van der Waals surface area contributed by atoms with E-state index in [9.17, 15) is 0 Å². The van der Waals surface area contributed by atoms with Crippen LogP contribution < -0.4 is 0 Å². The molecule has 0 atom stereocenters. The van der Waals surface area contributed by atoms with E-state index in [1.54, 1.807) is 11.3 Å². The van der Waals surface area contributed by atoms with Gasteiger partial charge in [0.2, 0.25) is 0 Å². The van der Waals surface area contributed by atoms with Gasteiger partial charge in [0, 0.05) is 81.9 Å². The van der Waals surface area contributed by atoms with Crippen molar-refractivity contribution in [1.29, 1.82) is 0 Å². The maximum absolute atomic E-state index is 4.68. The molecule has 0 fully saturated rings. The fourth-order valence-corrected chi connectivity index (χ4v) is 6.19. The van der Waals surface area contributed by atoms with Gasteiger partial charge in [0.25, 0.3) is 0 Å². The van der Waals surface area contributed by atoms with Crippen LogP contribution in [0.3, 0.4) is 0 Å². The number of pyridine rings is 2. The van der Waals surface area contributed by atoms with Crippen LogP contribution in [0.5, 0.6) is 0 Å². The van der Waals surface area contributed by atoms with Crippen LogP contribution in [0.15, 0.2) is 170 Å². The minimum atomic E-state index is 0. The summed E-state index contributed by atoms with van der Waals surface area (Å²) in [5.74, 6) is 0. The molecule has 51 heavy (non-hydrogen) atoms. The first-order valence-electron chi connectivity index (χ1n) is 15.7. The summed E-state index contributed by atoms with van der Waals surface area (Å²) in [7, 11) is 0. The van der Waals surface area contributed by atoms with Gasteiger partial charge in [0.1, 0.15) is 0 Å². The maximum atomic E-state index is 4.68. The molecule has 3 heterocycles. The topological polar surface area (TPSA) is 38.7 Å². The van der Waals surface area contributed by atoms with E-state index < -0.39 is 0 Å². The Labute approximate surface area is 343 Å². The first-order chi connectivity index (χ1) is 23.8. The monoisotopic (exact) mass is 1210 g/mol. The summed E-state index contributed by atoms with van der Waals surface area (Å²) in [5.41, 5.74) is 7.43. The van der Waals surface area contributed by atoms with Gasteiger partial charge in [0.15, 0.2) is 0 Å². The first-order valence-corrected chi connectivity index (χ1v) is 16.5. The van der Waals surface area contributed by atoms with Crippen LogP contribution in [0.1, 0.15) is 11.3 Å². The number of rotatable bonds is 4. The van der Waals surface area contributed by atoms with E-state index in [2.05, 4.69) is 87.7 Å². The van der Waals surface area contributed by atoms with Crippen molar-refractivity contribution >= 4 is 43.2 Å². The van der Waals surface area contributed by atoms with E-state index >= 15 is 0 Å². The SMILES string of the molecule is [Ir].[Ir].[Ir].[c-]1cc2ccccc2cc1-c1nc2ccccc2s1.[c-]1ccccc1-c1ccc2ccccc2n1.[c-]1ccccc1Cc1ccccn1. The second-order valence-electron chi connectivity index (χ2n) is 11.0. The van der Waals surface area contributed by atoms with Crippen LogP contribution in [0.25, 0.3) is 53.7 Å². The molecule has 0 unspecified atom stereocenters. The Morgan fingerprint density at radius 3 is 1.92 bits per heavy atom. The van der Waals surface area contributed by atoms with Crippen LogP contribution in [0.4, 0.5) is 0 Å². The molecular formula is C44H30Ir3N3S-3. The average Bonchev–Trinajstić information content (AvgIpc) is 3.61. The fraction of sp³-hybridized carbons (Fsp3) is 0.0227. The molecule has 0 saturated heterocycles. The summed E-state index contributed by atoms with van der Waals surface area (Å²) < 4.78 is 1.22. The van der Waals surface area contributed by atoms with E-state index in [-0.39, 0.29) is 60.3 Å². The van der Waals surface area contributed by atoms with Crippen LogP contribution in [-0.2, 0) is 66.7 Å². The second kappa shape index (κ2) is 20.1. The van der Waals surface area contributed by atoms with Gasteiger partial charge in [-0.05, 0) is 47.8 Å². The Morgan fingerprint density at radius 1 is 0.510 bits per heavy atom. The molecule has 0 aliphatic carbocycles. The molecule has 7 heteroatoms. The second-order valence-corrected chi connectivity index (χ2v) is 12.0. The molecule has 3 nitrogen and oxygen atoms in total. The maximum Gasteiger partial charge on any atom is 0.0697 e. The van der Waals surface area contributed by atoms with Crippen molar-refractivity contribution in [1.82, 2.24) is 15.0 Å². The third-order valence-electron chi connectivity index (χ3n) is 7.66. The molecule has 3 aromatic heterocycles. The van der Waals surface area contributed by atoms with Gasteiger partial charge in [-0.2, -0.15) is 47.2 Å². The van der Waals surface area contributed by atoms with Crippen molar-refractivity contribution in [2.75, 3.05) is 0 Å². The summed E-state index contributed by atoms with van der Waals surface area (Å²) >= 11 is 1.72. The van der Waals surface area contributed by atoms with Gasteiger partial charge in [0.05, 0.1) is 11.0 Å². The Balaban J connectivity index is 0.000000170. The Kier molecular flexibility index (Phi) is 15.7. The molecule has 0 aliphatic heterocycles. The number of fused-ring (bicyclic) bond motifs is 3. The van der Waals surface area contributed by atoms with Gasteiger partial charge >= 0.3 is 0 Å². The molecule has 0 amide bonds. The van der Waals surface area contributed by atoms with Crippen molar-refractivity contribution < 1.29 is 60.3 Å². The summed E-state index contributed by atoms with van der Waals surface area (Å²) in [6, 6.07) is 64.6. The van der Waals surface area contributed by atoms with E-state index in [4.69, 9.17) is 0 Å². The van der Waals surface area contributed by atoms with Crippen LogP contribution >= 0.6 is 11.3 Å². The van der Waals surface area contributed by atoms with Crippen molar-refractivity contribution in [3.63, 3.8) is 0 Å². The van der Waals surface area contributed by atoms with Crippen molar-refractivity contribution in [2.24, 2.45) is 0 Å². The molecule has 3 radical (unpaired) electrons. The van der Waals surface area contributed by atoms with Crippen molar-refractivity contribution in [2.45, 2.75) is 6.42 Å². The third-order valence-corrected chi connectivity index (χ3v) is 8.73. The van der Waals surface area contributed by atoms with E-state index in [1.807, 2.05) is 115 Å². The zero-order chi connectivity index (χ0) is 32.4. The van der Waals surface area contributed by atoms with E-state index in [0.29, 0.717) is 0 Å². The third kappa shape index (κ3) is 10.7. The molecule has 6 aromatic carbocycles. The molecule has 0 spiro atoms. The van der Waals surface area contributed by atoms with Gasteiger partial charge in [-0.25, -0.2) is 0 Å². The molecule has 0 bridgehead atoms. The fourth-order valence-electron chi connectivity index (χ4n) is 5.24. The molecule has 0 saturated carbocycles. The average molecular weight is 1210 g/mol. The summed E-state index contributed by atoms with van der Waals surface area (Å²) in [6.45, 7) is 0. The molecule has 9 rings (SSSR count). The Morgan fingerprint density at radius 2 is 1.20 bits per heavy atom. The van der Waals surface area contributed by atoms with Crippen LogP contribution in [-0.4, -0.2) is 15.0 Å². The molecule has 257 valence electrons. The zero-order valence-corrected chi connectivity index (χ0v) is 35.1. The molecule has 9 aromatic rings. The molecule has 0 N–H and O–H groups in total. The number of hydrogen-bond donors (Lipinski definition) is 0. The van der Waals surface area contributed by atoms with Crippen LogP contribution in [0, 0.1) is 18.2 Å². The number of nitrogens with zero attached hydrogens (tertiary/aromatic N) is 3. The van der Waals surface area contributed by atoms with E-state index in [0.717, 1.165) is 45.0 Å². The smallest absolute Gasteiger partial charge is 0.0697 e. The van der Waals surface area contributed by atoms with E-state index in [1.165, 1.54) is 26.4 Å². The standard InChI is InChI=1S/C17H10NS.C15H10N.C12H10N.3Ir/c1-2-6-13-11-14(10-9-12(13)5-1)17-18-15-7-3-4-8-16(15)19-17;1-2-6-12(7-3-1)15-11-10-13-8-4-5-9-14(13)16-15;1-2-6-11(7-3-1)10-12-8-4-5-9-13-12;;;/h1-9,11H;1-6,8-11H;1-6,8-9H,10H2;;;/q3*-1;;;. The van der Waals surface area contributed by atoms with Gasteiger partial charge in [-0.1, -0.05) is 78.2 Å². The van der Waals surface area contributed by atoms with Gasteiger partial charge in [-0.3, -0.25) is 15.0 Å². The van der Waals surface area contributed by atoms with Crippen molar-refractivity contribution in [3.05, 3.63) is 199 Å². The number of thiazole rings is 1. The minimum Gasteiger partial charge on any atom is -0.296 e. The summed E-state index contributed by atoms with van der Waals surface area (Å²) in [6.07, 6.45) is 2.68. The Bertz CT molecular complexity index is 2320. The number of para-hydroxylation sites is 2. The zero-order valence-electron chi connectivity index (χ0n) is 27.1. The number of hydrogen-bond acceptors (Lipinski definition) is 4. The quantitative estimate of drug-likeness (QED) is 0.165. The minimum absolute atomic E-state index is 0. The van der Waals surface area contributed by atoms with Gasteiger partial charge < -0.3 is 0 Å². The van der Waals surface area contributed by atoms with Crippen molar-refractivity contribution in [3.8, 4) is 21.8 Å². The number of aromatic nitrogens is 3. The van der Waals surface area contributed by atoms with Gasteiger partial charge in [-0.15, -0.1) is 65.0 Å². The predicted molar refractivity (Wildman–Crippen MR) is 200 cm³/mol. The predicted octanol–water partition coefficient (Wildman–Crippen LogP) is 11.1. The first kappa shape index (κ1) is 39.8. The summed E-state index contributed by atoms with van der Waals surface area (Å²) in [4.78, 5) is 13.5. The molecular weight excluding hydrogens is 1180 g/mol. The normalized spacial score (nSPS) is 9.96. The largest absolute Gasteiger partial charge is 0.296 e. The van der Waals surface area contributed by atoms with Crippen LogP contribution in [0.2, 0.25) is 0 Å². The number of benzene rings is 6. The summed E-state index contributed by atoms with van der Waals surface area (Å²) in [5, 5.41) is 4.65. The molecule has 0 aliphatic rings. The Hall–Kier alpha value is -4.02.